The molecule has 0 aliphatic rings. The Hall–Kier alpha value is -2.05. The summed E-state index contributed by atoms with van der Waals surface area (Å²) in [5, 5.41) is 2.34. The molecular formula is C13H14F3NO3. The molecule has 1 rings (SSSR count). The second-order valence-corrected chi connectivity index (χ2v) is 4.02. The van der Waals surface area contributed by atoms with Crippen molar-refractivity contribution < 1.29 is 27.5 Å². The van der Waals surface area contributed by atoms with Gasteiger partial charge in [0, 0.05) is 5.56 Å². The van der Waals surface area contributed by atoms with Gasteiger partial charge in [-0.05, 0) is 38.1 Å². The van der Waals surface area contributed by atoms with Crippen LogP contribution in [0.3, 0.4) is 0 Å². The van der Waals surface area contributed by atoms with Crippen LogP contribution in [0.15, 0.2) is 24.3 Å². The number of carbonyl (C=O) groups is 2. The summed E-state index contributed by atoms with van der Waals surface area (Å²) in [5.74, 6) is -1.24. The number of nitrogens with one attached hydrogen (secondary N) is 1. The minimum Gasteiger partial charge on any atom is -0.464 e. The zero-order chi connectivity index (χ0) is 15.3. The quantitative estimate of drug-likeness (QED) is 0.866. The van der Waals surface area contributed by atoms with E-state index in [2.05, 4.69) is 5.32 Å². The van der Waals surface area contributed by atoms with Gasteiger partial charge in [-0.25, -0.2) is 4.79 Å². The third-order valence-electron chi connectivity index (χ3n) is 2.46. The van der Waals surface area contributed by atoms with Gasteiger partial charge in [-0.3, -0.25) is 4.79 Å². The second-order valence-electron chi connectivity index (χ2n) is 4.02. The van der Waals surface area contributed by atoms with Gasteiger partial charge in [-0.1, -0.05) is 0 Å². The zero-order valence-electron chi connectivity index (χ0n) is 11.0. The van der Waals surface area contributed by atoms with Gasteiger partial charge in [-0.2, -0.15) is 13.2 Å². The predicted octanol–water partition coefficient (Wildman–Crippen LogP) is 2.39. The Kier molecular flexibility index (Phi) is 5.12. The summed E-state index contributed by atoms with van der Waals surface area (Å²) < 4.78 is 41.8. The normalized spacial score (nSPS) is 12.7. The highest BCUT2D eigenvalue weighted by Crippen LogP contribution is 2.29. The topological polar surface area (TPSA) is 55.4 Å². The van der Waals surface area contributed by atoms with E-state index in [0.29, 0.717) is 0 Å². The van der Waals surface area contributed by atoms with Gasteiger partial charge in [-0.15, -0.1) is 0 Å². The average molecular weight is 289 g/mol. The molecule has 4 nitrogen and oxygen atoms in total. The average Bonchev–Trinajstić information content (AvgIpc) is 2.38. The lowest BCUT2D eigenvalue weighted by molar-refractivity contribution is -0.144. The maximum absolute atomic E-state index is 12.4. The Labute approximate surface area is 113 Å². The fourth-order valence-corrected chi connectivity index (χ4v) is 1.42. The molecule has 0 spiro atoms. The molecule has 0 bridgehead atoms. The number of carbonyl (C=O) groups excluding carboxylic acids is 2. The van der Waals surface area contributed by atoms with E-state index in [1.165, 1.54) is 6.92 Å². The summed E-state index contributed by atoms with van der Waals surface area (Å²) in [6, 6.07) is 2.85. The number of hydrogen-bond acceptors (Lipinski definition) is 3. The van der Waals surface area contributed by atoms with Gasteiger partial charge in [0.1, 0.15) is 6.04 Å². The lowest BCUT2D eigenvalue weighted by atomic mass is 10.1. The first-order valence-electron chi connectivity index (χ1n) is 5.90. The van der Waals surface area contributed by atoms with Gasteiger partial charge in [0.2, 0.25) is 0 Å². The molecule has 1 atom stereocenters. The van der Waals surface area contributed by atoms with Crippen molar-refractivity contribution in [3.63, 3.8) is 0 Å². The van der Waals surface area contributed by atoms with Gasteiger partial charge in [0.25, 0.3) is 5.91 Å². The lowest BCUT2D eigenvalue weighted by Crippen LogP contribution is -2.39. The highest BCUT2D eigenvalue weighted by atomic mass is 19.4. The van der Waals surface area contributed by atoms with Crippen LogP contribution in [0.4, 0.5) is 13.2 Å². The largest absolute Gasteiger partial charge is 0.464 e. The molecule has 0 saturated carbocycles. The lowest BCUT2D eigenvalue weighted by Gasteiger charge is -2.13. The van der Waals surface area contributed by atoms with Crippen LogP contribution in [0.1, 0.15) is 29.8 Å². The Balaban J connectivity index is 2.71. The van der Waals surface area contributed by atoms with E-state index in [4.69, 9.17) is 4.74 Å². The summed E-state index contributed by atoms with van der Waals surface area (Å²) >= 11 is 0. The van der Waals surface area contributed by atoms with Crippen LogP contribution in [0.25, 0.3) is 0 Å². The van der Waals surface area contributed by atoms with E-state index in [-0.39, 0.29) is 12.2 Å². The Morgan fingerprint density at radius 2 is 1.80 bits per heavy atom. The third-order valence-corrected chi connectivity index (χ3v) is 2.46. The number of halogens is 3. The van der Waals surface area contributed by atoms with Crippen LogP contribution in [-0.2, 0) is 15.7 Å². The highest BCUT2D eigenvalue weighted by molar-refractivity contribution is 5.96. The zero-order valence-corrected chi connectivity index (χ0v) is 11.0. The van der Waals surface area contributed by atoms with E-state index in [9.17, 15) is 22.8 Å². The summed E-state index contributed by atoms with van der Waals surface area (Å²) in [6.07, 6.45) is -4.45. The molecule has 0 fully saturated rings. The van der Waals surface area contributed by atoms with Crippen molar-refractivity contribution in [2.75, 3.05) is 6.61 Å². The molecule has 1 aromatic carbocycles. The van der Waals surface area contributed by atoms with Gasteiger partial charge < -0.3 is 10.1 Å². The van der Waals surface area contributed by atoms with E-state index in [1.807, 2.05) is 0 Å². The first-order chi connectivity index (χ1) is 9.25. The van der Waals surface area contributed by atoms with Crippen molar-refractivity contribution >= 4 is 11.9 Å². The number of benzene rings is 1. The first-order valence-corrected chi connectivity index (χ1v) is 5.90. The minimum absolute atomic E-state index is 0.0362. The van der Waals surface area contributed by atoms with Gasteiger partial charge >= 0.3 is 12.1 Å². The number of amides is 1. The standard InChI is InChI=1S/C13H14F3NO3/c1-3-20-12(19)8(2)17-11(18)9-4-6-10(7-5-9)13(14,15)16/h4-8H,3H2,1-2H3,(H,17,18)/t8-/m0/s1. The van der Waals surface area contributed by atoms with Crippen molar-refractivity contribution in [2.24, 2.45) is 0 Å². The highest BCUT2D eigenvalue weighted by Gasteiger charge is 2.30. The van der Waals surface area contributed by atoms with Crippen molar-refractivity contribution in [3.05, 3.63) is 35.4 Å². The number of alkyl halides is 3. The molecule has 0 unspecified atom stereocenters. The summed E-state index contributed by atoms with van der Waals surface area (Å²) in [4.78, 5) is 23.0. The number of rotatable bonds is 4. The first kappa shape index (κ1) is 16.0. The van der Waals surface area contributed by atoms with Crippen LogP contribution in [-0.4, -0.2) is 24.5 Å². The monoisotopic (exact) mass is 289 g/mol. The third kappa shape index (κ3) is 4.25. The maximum atomic E-state index is 12.4. The van der Waals surface area contributed by atoms with Crippen molar-refractivity contribution in [1.29, 1.82) is 0 Å². The molecule has 0 aromatic heterocycles. The van der Waals surface area contributed by atoms with E-state index in [1.54, 1.807) is 6.92 Å². The fraction of sp³-hybridized carbons (Fsp3) is 0.385. The smallest absolute Gasteiger partial charge is 0.416 e. The summed E-state index contributed by atoms with van der Waals surface area (Å²) in [7, 11) is 0. The fourth-order valence-electron chi connectivity index (χ4n) is 1.42. The van der Waals surface area contributed by atoms with Crippen molar-refractivity contribution in [3.8, 4) is 0 Å². The summed E-state index contributed by atoms with van der Waals surface area (Å²) in [6.45, 7) is 3.24. The number of hydrogen-bond donors (Lipinski definition) is 1. The van der Waals surface area contributed by atoms with Crippen LogP contribution >= 0.6 is 0 Å². The molecule has 0 saturated heterocycles. The van der Waals surface area contributed by atoms with Gasteiger partial charge in [0.05, 0.1) is 12.2 Å². The van der Waals surface area contributed by atoms with Crippen LogP contribution < -0.4 is 5.32 Å². The molecular weight excluding hydrogens is 275 g/mol. The SMILES string of the molecule is CCOC(=O)[C@H](C)NC(=O)c1ccc(C(F)(F)F)cc1. The molecule has 7 heteroatoms. The van der Waals surface area contributed by atoms with E-state index < -0.39 is 29.7 Å². The molecule has 0 radical (unpaired) electrons. The van der Waals surface area contributed by atoms with E-state index in [0.717, 1.165) is 24.3 Å². The Morgan fingerprint density at radius 3 is 2.25 bits per heavy atom. The van der Waals surface area contributed by atoms with Crippen molar-refractivity contribution in [2.45, 2.75) is 26.1 Å². The molecule has 1 amide bonds. The number of esters is 1. The van der Waals surface area contributed by atoms with E-state index >= 15 is 0 Å². The van der Waals surface area contributed by atoms with Crippen LogP contribution in [0, 0.1) is 0 Å². The Bertz CT molecular complexity index is 483. The molecule has 1 aromatic rings. The summed E-state index contributed by atoms with van der Waals surface area (Å²) in [5.41, 5.74) is -0.804. The second kappa shape index (κ2) is 6.40. The van der Waals surface area contributed by atoms with Crippen LogP contribution in [0.2, 0.25) is 0 Å². The van der Waals surface area contributed by atoms with Crippen molar-refractivity contribution in [1.82, 2.24) is 5.32 Å². The maximum Gasteiger partial charge on any atom is 0.416 e. The Morgan fingerprint density at radius 1 is 1.25 bits per heavy atom. The molecule has 1 N–H and O–H groups in total. The molecule has 0 heterocycles. The van der Waals surface area contributed by atoms with Crippen LogP contribution in [0.5, 0.6) is 0 Å². The number of ether oxygens (including phenoxy) is 1. The predicted molar refractivity (Wildman–Crippen MR) is 65.0 cm³/mol. The molecule has 0 aliphatic heterocycles. The van der Waals surface area contributed by atoms with Gasteiger partial charge in [0.15, 0.2) is 0 Å². The molecule has 110 valence electrons. The molecule has 0 aliphatic carbocycles. The minimum atomic E-state index is -4.45. The molecule has 20 heavy (non-hydrogen) atoms.